The summed E-state index contributed by atoms with van der Waals surface area (Å²) in [5.41, 5.74) is 8.32. The molecule has 0 bridgehead atoms. The van der Waals surface area contributed by atoms with Gasteiger partial charge in [0.15, 0.2) is 5.13 Å². The van der Waals surface area contributed by atoms with E-state index in [0.29, 0.717) is 15.7 Å². The SMILES string of the molecule is Cc1ccc(N(C)C(=O)c2sc(N)nc2C)cc1. The zero-order valence-corrected chi connectivity index (χ0v) is 11.4. The molecule has 1 aromatic heterocycles. The number of benzene rings is 1. The van der Waals surface area contributed by atoms with Crippen LogP contribution in [0.15, 0.2) is 24.3 Å². The maximum absolute atomic E-state index is 12.3. The molecule has 2 N–H and O–H groups in total. The third kappa shape index (κ3) is 2.36. The third-order valence-corrected chi connectivity index (χ3v) is 3.71. The number of nitrogens with two attached hydrogens (primary N) is 1. The molecule has 0 saturated heterocycles. The highest BCUT2D eigenvalue weighted by atomic mass is 32.1. The Kier molecular flexibility index (Phi) is 3.34. The molecule has 0 spiro atoms. The molecule has 0 aliphatic carbocycles. The lowest BCUT2D eigenvalue weighted by Crippen LogP contribution is -2.25. The first-order valence-corrected chi connectivity index (χ1v) is 6.38. The topological polar surface area (TPSA) is 59.2 Å². The summed E-state index contributed by atoms with van der Waals surface area (Å²) in [7, 11) is 1.75. The normalized spacial score (nSPS) is 10.4. The van der Waals surface area contributed by atoms with Crippen LogP contribution < -0.4 is 10.6 Å². The first kappa shape index (κ1) is 12.6. The molecule has 4 nitrogen and oxygen atoms in total. The lowest BCUT2D eigenvalue weighted by atomic mass is 10.2. The number of hydrogen-bond donors (Lipinski definition) is 1. The van der Waals surface area contributed by atoms with Crippen molar-refractivity contribution in [2.24, 2.45) is 0 Å². The Morgan fingerprint density at radius 1 is 1.28 bits per heavy atom. The number of rotatable bonds is 2. The van der Waals surface area contributed by atoms with Gasteiger partial charge in [-0.15, -0.1) is 0 Å². The van der Waals surface area contributed by atoms with Crippen molar-refractivity contribution in [3.8, 4) is 0 Å². The van der Waals surface area contributed by atoms with Gasteiger partial charge in [0.2, 0.25) is 0 Å². The molecule has 0 unspecified atom stereocenters. The predicted molar refractivity (Wildman–Crippen MR) is 75.2 cm³/mol. The predicted octanol–water partition coefficient (Wildman–Crippen LogP) is 2.62. The average molecular weight is 261 g/mol. The second-order valence-electron chi connectivity index (χ2n) is 4.17. The molecule has 0 aliphatic rings. The second-order valence-corrected chi connectivity index (χ2v) is 5.20. The highest BCUT2D eigenvalue weighted by molar-refractivity contribution is 7.17. The van der Waals surface area contributed by atoms with E-state index >= 15 is 0 Å². The summed E-state index contributed by atoms with van der Waals surface area (Å²) in [5, 5.41) is 0.424. The van der Waals surface area contributed by atoms with Gasteiger partial charge in [-0.2, -0.15) is 0 Å². The average Bonchev–Trinajstić information content (AvgIpc) is 2.67. The number of carbonyl (C=O) groups is 1. The molecule has 2 rings (SSSR count). The molecule has 2 aromatic rings. The second kappa shape index (κ2) is 4.78. The van der Waals surface area contributed by atoms with Crippen LogP contribution in [0.4, 0.5) is 10.8 Å². The molecule has 0 atom stereocenters. The van der Waals surface area contributed by atoms with Crippen molar-refractivity contribution < 1.29 is 4.79 Å². The minimum atomic E-state index is -0.0782. The molecule has 18 heavy (non-hydrogen) atoms. The van der Waals surface area contributed by atoms with E-state index in [1.165, 1.54) is 11.3 Å². The van der Waals surface area contributed by atoms with Gasteiger partial charge in [0, 0.05) is 12.7 Å². The highest BCUT2D eigenvalue weighted by Crippen LogP contribution is 2.23. The fraction of sp³-hybridized carbons (Fsp3) is 0.231. The Labute approximate surface area is 110 Å². The first-order valence-electron chi connectivity index (χ1n) is 5.56. The fourth-order valence-electron chi connectivity index (χ4n) is 1.65. The summed E-state index contributed by atoms with van der Waals surface area (Å²) in [4.78, 5) is 18.6. The minimum Gasteiger partial charge on any atom is -0.375 e. The zero-order chi connectivity index (χ0) is 13.3. The number of hydrogen-bond acceptors (Lipinski definition) is 4. The number of aryl methyl sites for hydroxylation is 2. The highest BCUT2D eigenvalue weighted by Gasteiger charge is 2.19. The van der Waals surface area contributed by atoms with Gasteiger partial charge in [0.05, 0.1) is 5.69 Å². The molecule has 5 heteroatoms. The van der Waals surface area contributed by atoms with Crippen molar-refractivity contribution in [2.45, 2.75) is 13.8 Å². The van der Waals surface area contributed by atoms with Gasteiger partial charge in [0.25, 0.3) is 5.91 Å². The number of aromatic nitrogens is 1. The Hall–Kier alpha value is -1.88. The van der Waals surface area contributed by atoms with Gasteiger partial charge >= 0.3 is 0 Å². The monoisotopic (exact) mass is 261 g/mol. The van der Waals surface area contributed by atoms with Crippen LogP contribution in [0.1, 0.15) is 20.9 Å². The largest absolute Gasteiger partial charge is 0.375 e. The van der Waals surface area contributed by atoms with Crippen LogP contribution in [0.25, 0.3) is 0 Å². The summed E-state index contributed by atoms with van der Waals surface area (Å²) in [6.07, 6.45) is 0. The van der Waals surface area contributed by atoms with E-state index in [1.807, 2.05) is 31.2 Å². The van der Waals surface area contributed by atoms with Crippen LogP contribution in [-0.2, 0) is 0 Å². The van der Waals surface area contributed by atoms with Crippen molar-refractivity contribution in [3.05, 3.63) is 40.4 Å². The molecule has 1 aromatic carbocycles. The van der Waals surface area contributed by atoms with E-state index in [2.05, 4.69) is 4.98 Å². The maximum Gasteiger partial charge on any atom is 0.270 e. The fourth-order valence-corrected chi connectivity index (χ4v) is 2.46. The Morgan fingerprint density at radius 3 is 2.39 bits per heavy atom. The van der Waals surface area contributed by atoms with Gasteiger partial charge in [-0.1, -0.05) is 29.0 Å². The number of anilines is 2. The Morgan fingerprint density at radius 2 is 1.89 bits per heavy atom. The van der Waals surface area contributed by atoms with Gasteiger partial charge < -0.3 is 10.6 Å². The summed E-state index contributed by atoms with van der Waals surface area (Å²) in [6.45, 7) is 3.81. The number of nitrogens with zero attached hydrogens (tertiary/aromatic N) is 2. The molecule has 1 amide bonds. The van der Waals surface area contributed by atoms with E-state index in [4.69, 9.17) is 5.73 Å². The van der Waals surface area contributed by atoms with E-state index in [0.717, 1.165) is 11.3 Å². The summed E-state index contributed by atoms with van der Waals surface area (Å²) in [5.74, 6) is -0.0782. The summed E-state index contributed by atoms with van der Waals surface area (Å²) in [6, 6.07) is 7.81. The molecule has 0 aliphatic heterocycles. The molecule has 0 saturated carbocycles. The van der Waals surface area contributed by atoms with Crippen LogP contribution in [0.2, 0.25) is 0 Å². The molecular weight excluding hydrogens is 246 g/mol. The van der Waals surface area contributed by atoms with Gasteiger partial charge in [-0.25, -0.2) is 4.98 Å². The van der Waals surface area contributed by atoms with Crippen molar-refractivity contribution in [1.82, 2.24) is 4.98 Å². The molecule has 0 fully saturated rings. The van der Waals surface area contributed by atoms with Crippen molar-refractivity contribution in [1.29, 1.82) is 0 Å². The van der Waals surface area contributed by atoms with Crippen LogP contribution in [0, 0.1) is 13.8 Å². The molecule has 0 radical (unpaired) electrons. The lowest BCUT2D eigenvalue weighted by molar-refractivity contribution is 0.0996. The third-order valence-electron chi connectivity index (χ3n) is 2.73. The molecule has 1 heterocycles. The van der Waals surface area contributed by atoms with Crippen LogP contribution in [-0.4, -0.2) is 17.9 Å². The zero-order valence-electron chi connectivity index (χ0n) is 10.6. The quantitative estimate of drug-likeness (QED) is 0.904. The van der Waals surface area contributed by atoms with Crippen LogP contribution >= 0.6 is 11.3 Å². The molecular formula is C13H15N3OS. The number of nitrogen functional groups attached to an aromatic ring is 1. The van der Waals surface area contributed by atoms with E-state index in [-0.39, 0.29) is 5.91 Å². The Balaban J connectivity index is 2.29. The number of carbonyl (C=O) groups excluding carboxylic acids is 1. The minimum absolute atomic E-state index is 0.0782. The van der Waals surface area contributed by atoms with Crippen molar-refractivity contribution in [2.75, 3.05) is 17.7 Å². The van der Waals surface area contributed by atoms with Crippen LogP contribution in [0.3, 0.4) is 0 Å². The van der Waals surface area contributed by atoms with Crippen LogP contribution in [0.5, 0.6) is 0 Å². The van der Waals surface area contributed by atoms with E-state index in [1.54, 1.807) is 18.9 Å². The van der Waals surface area contributed by atoms with Crippen molar-refractivity contribution >= 4 is 28.1 Å². The van der Waals surface area contributed by atoms with Gasteiger partial charge in [-0.05, 0) is 26.0 Å². The summed E-state index contributed by atoms with van der Waals surface area (Å²) < 4.78 is 0. The smallest absolute Gasteiger partial charge is 0.270 e. The molecule has 94 valence electrons. The van der Waals surface area contributed by atoms with E-state index < -0.39 is 0 Å². The van der Waals surface area contributed by atoms with E-state index in [9.17, 15) is 4.79 Å². The number of thiazole rings is 1. The Bertz CT molecular complexity index is 574. The lowest BCUT2D eigenvalue weighted by Gasteiger charge is -2.16. The number of amides is 1. The standard InChI is InChI=1S/C13H15N3OS/c1-8-4-6-10(7-5-8)16(3)12(17)11-9(2)15-13(14)18-11/h4-7H,1-3H3,(H2,14,15). The summed E-state index contributed by atoms with van der Waals surface area (Å²) >= 11 is 1.22. The first-order chi connectivity index (χ1) is 8.49. The van der Waals surface area contributed by atoms with Gasteiger partial charge in [-0.3, -0.25) is 4.79 Å². The van der Waals surface area contributed by atoms with Crippen molar-refractivity contribution in [3.63, 3.8) is 0 Å². The maximum atomic E-state index is 12.3. The van der Waals surface area contributed by atoms with Gasteiger partial charge in [0.1, 0.15) is 4.88 Å².